The van der Waals surface area contributed by atoms with Crippen LogP contribution in [0.2, 0.25) is 0 Å². The third-order valence-electron chi connectivity index (χ3n) is 3.52. The van der Waals surface area contributed by atoms with Gasteiger partial charge in [0.1, 0.15) is 5.75 Å². The highest BCUT2D eigenvalue weighted by atomic mass is 16.5. The molecule has 0 heterocycles. The highest BCUT2D eigenvalue weighted by molar-refractivity contribution is 6.35. The molecule has 1 amide bonds. The summed E-state index contributed by atoms with van der Waals surface area (Å²) in [7, 11) is 0. The van der Waals surface area contributed by atoms with Gasteiger partial charge in [-0.2, -0.15) is 5.10 Å². The van der Waals surface area contributed by atoms with E-state index in [2.05, 4.69) is 10.5 Å². The number of fused-ring (bicyclic) bond motifs is 1. The molecule has 3 rings (SSSR count). The van der Waals surface area contributed by atoms with Crippen LogP contribution < -0.4 is 10.2 Å². The number of ether oxygens (including phenoxy) is 1. The second kappa shape index (κ2) is 7.88. The minimum absolute atomic E-state index is 0.185. The van der Waals surface area contributed by atoms with E-state index in [0.29, 0.717) is 11.3 Å². The lowest BCUT2D eigenvalue weighted by atomic mass is 10.1. The van der Waals surface area contributed by atoms with Crippen LogP contribution in [0.15, 0.2) is 77.9 Å². The summed E-state index contributed by atoms with van der Waals surface area (Å²) in [4.78, 5) is 23.5. The maximum absolute atomic E-state index is 11.8. The van der Waals surface area contributed by atoms with Gasteiger partial charge in [0.25, 0.3) is 5.91 Å². The average molecular weight is 332 g/mol. The van der Waals surface area contributed by atoms with Crippen LogP contribution in [0, 0.1) is 0 Å². The lowest BCUT2D eigenvalue weighted by molar-refractivity contribution is -0.123. The van der Waals surface area contributed by atoms with Gasteiger partial charge in [0.2, 0.25) is 5.78 Å². The summed E-state index contributed by atoms with van der Waals surface area (Å²) in [6.07, 6.45) is 1.07. The third-order valence-corrected chi connectivity index (χ3v) is 3.52. The standard InChI is InChI=1S/C20H16N2O3/c23-19(16-7-2-1-3-8-16)13-21-22-20(24)14-25-18-11-10-15-6-4-5-9-17(15)12-18/h1-13H,14H2,(H,22,24)/b21-13+. The summed E-state index contributed by atoms with van der Waals surface area (Å²) >= 11 is 0. The Kier molecular flexibility index (Phi) is 5.16. The molecule has 5 nitrogen and oxygen atoms in total. The van der Waals surface area contributed by atoms with Crippen molar-refractivity contribution in [1.82, 2.24) is 5.43 Å². The molecule has 0 saturated carbocycles. The molecule has 0 radical (unpaired) electrons. The van der Waals surface area contributed by atoms with Crippen molar-refractivity contribution in [2.75, 3.05) is 6.61 Å². The summed E-state index contributed by atoms with van der Waals surface area (Å²) in [5.74, 6) is -0.125. The zero-order chi connectivity index (χ0) is 17.5. The second-order valence-corrected chi connectivity index (χ2v) is 5.32. The molecule has 3 aromatic rings. The lowest BCUT2D eigenvalue weighted by Gasteiger charge is -2.06. The van der Waals surface area contributed by atoms with Gasteiger partial charge in [-0.3, -0.25) is 9.59 Å². The highest BCUT2D eigenvalue weighted by Gasteiger charge is 2.04. The quantitative estimate of drug-likeness (QED) is 0.428. The number of nitrogens with one attached hydrogen (secondary N) is 1. The Morgan fingerprint density at radius 2 is 1.64 bits per heavy atom. The molecule has 0 aliphatic rings. The lowest BCUT2D eigenvalue weighted by Crippen LogP contribution is -2.25. The van der Waals surface area contributed by atoms with E-state index in [1.807, 2.05) is 42.5 Å². The number of benzene rings is 3. The first-order chi connectivity index (χ1) is 12.2. The molecule has 5 heteroatoms. The summed E-state index contributed by atoms with van der Waals surface area (Å²) in [5.41, 5.74) is 2.78. The molecule has 0 saturated heterocycles. The molecule has 0 spiro atoms. The van der Waals surface area contributed by atoms with Crippen LogP contribution in [0.4, 0.5) is 0 Å². The van der Waals surface area contributed by atoms with Crippen LogP contribution in [0.25, 0.3) is 10.8 Å². The fraction of sp³-hybridized carbons (Fsp3) is 0.0500. The van der Waals surface area contributed by atoms with Gasteiger partial charge < -0.3 is 4.74 Å². The van der Waals surface area contributed by atoms with Crippen LogP contribution in [0.1, 0.15) is 10.4 Å². The number of nitrogens with zero attached hydrogens (tertiary/aromatic N) is 1. The second-order valence-electron chi connectivity index (χ2n) is 5.32. The summed E-state index contributed by atoms with van der Waals surface area (Å²) < 4.78 is 5.45. The molecule has 0 atom stereocenters. The Labute approximate surface area is 144 Å². The molecule has 0 unspecified atom stereocenters. The summed E-state index contributed by atoms with van der Waals surface area (Å²) in [6.45, 7) is -0.185. The molecule has 124 valence electrons. The van der Waals surface area contributed by atoms with E-state index in [1.54, 1.807) is 30.3 Å². The highest BCUT2D eigenvalue weighted by Crippen LogP contribution is 2.20. The number of amides is 1. The summed E-state index contributed by atoms with van der Waals surface area (Å²) in [6, 6.07) is 22.2. The van der Waals surface area contributed by atoms with Gasteiger partial charge in [0, 0.05) is 5.56 Å². The van der Waals surface area contributed by atoms with E-state index in [0.717, 1.165) is 17.0 Å². The van der Waals surface area contributed by atoms with Crippen LogP contribution >= 0.6 is 0 Å². The largest absolute Gasteiger partial charge is 0.484 e. The van der Waals surface area contributed by atoms with Crippen LogP contribution in [-0.2, 0) is 4.79 Å². The first-order valence-corrected chi connectivity index (χ1v) is 7.75. The number of hydrazone groups is 1. The minimum Gasteiger partial charge on any atom is -0.484 e. The fourth-order valence-electron chi connectivity index (χ4n) is 2.28. The number of carbonyl (C=O) groups is 2. The van der Waals surface area contributed by atoms with Crippen molar-refractivity contribution in [3.05, 3.63) is 78.4 Å². The predicted molar refractivity (Wildman–Crippen MR) is 96.9 cm³/mol. The number of ketones is 1. The van der Waals surface area contributed by atoms with Gasteiger partial charge in [-0.05, 0) is 22.9 Å². The smallest absolute Gasteiger partial charge is 0.277 e. The van der Waals surface area contributed by atoms with E-state index in [9.17, 15) is 9.59 Å². The number of carbonyl (C=O) groups excluding carboxylic acids is 2. The van der Waals surface area contributed by atoms with E-state index in [-0.39, 0.29) is 12.4 Å². The van der Waals surface area contributed by atoms with Gasteiger partial charge in [0.15, 0.2) is 6.61 Å². The van der Waals surface area contributed by atoms with Gasteiger partial charge in [-0.25, -0.2) is 5.43 Å². The normalized spacial score (nSPS) is 10.7. The van der Waals surface area contributed by atoms with Crippen molar-refractivity contribution in [1.29, 1.82) is 0 Å². The molecule has 0 aliphatic heterocycles. The van der Waals surface area contributed by atoms with E-state index < -0.39 is 5.91 Å². The topological polar surface area (TPSA) is 67.8 Å². The Hall–Kier alpha value is -3.47. The van der Waals surface area contributed by atoms with Crippen molar-refractivity contribution in [3.8, 4) is 5.75 Å². The van der Waals surface area contributed by atoms with E-state index in [1.165, 1.54) is 0 Å². The Balaban J connectivity index is 1.50. The SMILES string of the molecule is O=C(COc1ccc2ccccc2c1)N/N=C/C(=O)c1ccccc1. The van der Waals surface area contributed by atoms with E-state index >= 15 is 0 Å². The minimum atomic E-state index is -0.440. The zero-order valence-electron chi connectivity index (χ0n) is 13.4. The number of rotatable bonds is 6. The Bertz CT molecular complexity index is 920. The predicted octanol–water partition coefficient (Wildman–Crippen LogP) is 3.20. The van der Waals surface area contributed by atoms with E-state index in [4.69, 9.17) is 4.74 Å². The third kappa shape index (κ3) is 4.51. The maximum atomic E-state index is 11.8. The molecule has 25 heavy (non-hydrogen) atoms. The monoisotopic (exact) mass is 332 g/mol. The molecule has 0 aromatic heterocycles. The van der Waals surface area contributed by atoms with Gasteiger partial charge in [-0.1, -0.05) is 60.7 Å². The van der Waals surface area contributed by atoms with Crippen molar-refractivity contribution in [2.24, 2.45) is 5.10 Å². The Morgan fingerprint density at radius 1 is 0.920 bits per heavy atom. The molecule has 0 bridgehead atoms. The van der Waals surface area contributed by atoms with Crippen LogP contribution in [0.5, 0.6) is 5.75 Å². The molecule has 1 N–H and O–H groups in total. The molecular formula is C20H16N2O3. The first-order valence-electron chi connectivity index (χ1n) is 7.75. The van der Waals surface area contributed by atoms with Crippen molar-refractivity contribution < 1.29 is 14.3 Å². The van der Waals surface area contributed by atoms with Crippen LogP contribution in [0.3, 0.4) is 0 Å². The van der Waals surface area contributed by atoms with Crippen molar-refractivity contribution in [3.63, 3.8) is 0 Å². The number of Topliss-reactive ketones (excluding diaryl/α,β-unsaturated/α-hetero) is 1. The molecule has 3 aromatic carbocycles. The first kappa shape index (κ1) is 16.4. The fourth-order valence-corrected chi connectivity index (χ4v) is 2.28. The number of hydrogen-bond donors (Lipinski definition) is 1. The Morgan fingerprint density at radius 3 is 2.44 bits per heavy atom. The van der Waals surface area contributed by atoms with Crippen molar-refractivity contribution in [2.45, 2.75) is 0 Å². The maximum Gasteiger partial charge on any atom is 0.277 e. The van der Waals surface area contributed by atoms with Crippen LogP contribution in [-0.4, -0.2) is 24.5 Å². The molecule has 0 aliphatic carbocycles. The van der Waals surface area contributed by atoms with Crippen molar-refractivity contribution >= 4 is 28.7 Å². The summed E-state index contributed by atoms with van der Waals surface area (Å²) in [5, 5.41) is 5.79. The van der Waals surface area contributed by atoms with Gasteiger partial charge in [-0.15, -0.1) is 0 Å². The van der Waals surface area contributed by atoms with Gasteiger partial charge in [0.05, 0.1) is 6.21 Å². The molecular weight excluding hydrogens is 316 g/mol. The molecule has 0 fully saturated rings. The average Bonchev–Trinajstić information content (AvgIpc) is 2.67. The number of hydrogen-bond acceptors (Lipinski definition) is 4. The van der Waals surface area contributed by atoms with Gasteiger partial charge >= 0.3 is 0 Å². The zero-order valence-corrected chi connectivity index (χ0v) is 13.4.